The lowest BCUT2D eigenvalue weighted by Crippen LogP contribution is -2.27. The summed E-state index contributed by atoms with van der Waals surface area (Å²) in [5.41, 5.74) is 0.589. The zero-order valence-corrected chi connectivity index (χ0v) is 13.4. The Morgan fingerprint density at radius 1 is 1.23 bits per heavy atom. The summed E-state index contributed by atoms with van der Waals surface area (Å²) in [5, 5.41) is 2.92. The van der Waals surface area contributed by atoms with Crippen LogP contribution in [0.3, 0.4) is 0 Å². The van der Waals surface area contributed by atoms with Crippen LogP contribution in [0.4, 0.5) is 5.00 Å². The minimum atomic E-state index is -0.619. The fraction of sp³-hybridized carbons (Fsp3) is 0.500. The molecular formula is C14H17NO6S. The van der Waals surface area contributed by atoms with E-state index >= 15 is 0 Å². The fourth-order valence-corrected chi connectivity index (χ4v) is 3.33. The molecule has 1 N–H and O–H groups in total. The summed E-state index contributed by atoms with van der Waals surface area (Å²) >= 11 is 0.987. The van der Waals surface area contributed by atoms with Crippen LogP contribution >= 0.6 is 11.3 Å². The predicted molar refractivity (Wildman–Crippen MR) is 79.3 cm³/mol. The summed E-state index contributed by atoms with van der Waals surface area (Å²) in [4.78, 5) is 36.1. The molecule has 2 rings (SSSR count). The highest BCUT2D eigenvalue weighted by atomic mass is 32.1. The van der Waals surface area contributed by atoms with Crippen molar-refractivity contribution in [3.63, 3.8) is 0 Å². The van der Waals surface area contributed by atoms with Gasteiger partial charge >= 0.3 is 11.9 Å². The molecule has 0 bridgehead atoms. The maximum absolute atomic E-state index is 12.1. The Kier molecular flexibility index (Phi) is 5.15. The lowest BCUT2D eigenvalue weighted by Gasteiger charge is -2.10. The van der Waals surface area contributed by atoms with Crippen molar-refractivity contribution in [2.24, 2.45) is 0 Å². The first-order valence-electron chi connectivity index (χ1n) is 6.72. The van der Waals surface area contributed by atoms with E-state index in [1.807, 2.05) is 0 Å². The van der Waals surface area contributed by atoms with Gasteiger partial charge in [-0.25, -0.2) is 9.59 Å². The van der Waals surface area contributed by atoms with Crippen molar-refractivity contribution < 1.29 is 28.6 Å². The van der Waals surface area contributed by atoms with Gasteiger partial charge in [-0.1, -0.05) is 0 Å². The standard InChI is InChI=1S/C14H17NO6S/c1-7-9(13(17)19-2)12(22-10(7)14(18)20-3)15-11(16)8-5-4-6-21-8/h8H,4-6H2,1-3H3,(H,15,16)/t8-/m0/s1. The lowest BCUT2D eigenvalue weighted by atomic mass is 10.1. The molecule has 1 aliphatic rings. The third-order valence-electron chi connectivity index (χ3n) is 3.37. The number of methoxy groups -OCH3 is 2. The lowest BCUT2D eigenvalue weighted by molar-refractivity contribution is -0.124. The Morgan fingerprint density at radius 2 is 1.91 bits per heavy atom. The SMILES string of the molecule is COC(=O)c1sc(NC(=O)[C@@H]2CCCO2)c(C(=O)OC)c1C. The topological polar surface area (TPSA) is 90.9 Å². The number of esters is 2. The minimum Gasteiger partial charge on any atom is -0.465 e. The van der Waals surface area contributed by atoms with Gasteiger partial charge in [-0.2, -0.15) is 0 Å². The molecule has 1 fully saturated rings. The van der Waals surface area contributed by atoms with E-state index in [1.54, 1.807) is 6.92 Å². The quantitative estimate of drug-likeness (QED) is 0.847. The van der Waals surface area contributed by atoms with Crippen LogP contribution in [-0.2, 0) is 19.0 Å². The van der Waals surface area contributed by atoms with E-state index in [0.29, 0.717) is 18.6 Å². The molecule has 22 heavy (non-hydrogen) atoms. The first-order valence-corrected chi connectivity index (χ1v) is 7.53. The average molecular weight is 327 g/mol. The Morgan fingerprint density at radius 3 is 2.45 bits per heavy atom. The average Bonchev–Trinajstić information content (AvgIpc) is 3.14. The van der Waals surface area contributed by atoms with Gasteiger partial charge in [0.05, 0.1) is 19.8 Å². The Labute approximate surface area is 131 Å². The molecular weight excluding hydrogens is 310 g/mol. The summed E-state index contributed by atoms with van der Waals surface area (Å²) < 4.78 is 14.7. The molecule has 120 valence electrons. The first kappa shape index (κ1) is 16.4. The van der Waals surface area contributed by atoms with Crippen molar-refractivity contribution in [3.05, 3.63) is 16.0 Å². The second-order valence-electron chi connectivity index (χ2n) is 4.73. The molecule has 0 radical (unpaired) electrons. The van der Waals surface area contributed by atoms with Crippen molar-refractivity contribution in [1.82, 2.24) is 0 Å². The molecule has 0 aliphatic carbocycles. The Hall–Kier alpha value is -1.93. The highest BCUT2D eigenvalue weighted by Crippen LogP contribution is 2.34. The van der Waals surface area contributed by atoms with Gasteiger partial charge < -0.3 is 19.5 Å². The van der Waals surface area contributed by atoms with Crippen molar-refractivity contribution in [2.75, 3.05) is 26.1 Å². The van der Waals surface area contributed by atoms with Crippen LogP contribution in [0.2, 0.25) is 0 Å². The normalized spacial score (nSPS) is 17.1. The number of thiophene rings is 1. The van der Waals surface area contributed by atoms with E-state index in [9.17, 15) is 14.4 Å². The largest absolute Gasteiger partial charge is 0.465 e. The van der Waals surface area contributed by atoms with E-state index in [1.165, 1.54) is 14.2 Å². The molecule has 0 unspecified atom stereocenters. The van der Waals surface area contributed by atoms with Gasteiger partial charge in [0, 0.05) is 6.61 Å². The van der Waals surface area contributed by atoms with E-state index in [0.717, 1.165) is 17.8 Å². The third kappa shape index (κ3) is 3.12. The number of anilines is 1. The van der Waals surface area contributed by atoms with E-state index in [2.05, 4.69) is 10.1 Å². The summed E-state index contributed by atoms with van der Waals surface area (Å²) in [6.07, 6.45) is 0.918. The summed E-state index contributed by atoms with van der Waals surface area (Å²) in [5.74, 6) is -1.52. The molecule has 1 aromatic rings. The van der Waals surface area contributed by atoms with Crippen molar-refractivity contribution >= 4 is 34.2 Å². The van der Waals surface area contributed by atoms with Crippen LogP contribution in [0.15, 0.2) is 0 Å². The Bertz CT molecular complexity index is 603. The summed E-state index contributed by atoms with van der Waals surface area (Å²) in [6, 6.07) is 0. The Balaban J connectivity index is 2.33. The molecule has 0 aromatic carbocycles. The van der Waals surface area contributed by atoms with Crippen molar-refractivity contribution in [2.45, 2.75) is 25.9 Å². The smallest absolute Gasteiger partial charge is 0.348 e. The van der Waals surface area contributed by atoms with Gasteiger partial charge in [-0.05, 0) is 25.3 Å². The second kappa shape index (κ2) is 6.89. The maximum atomic E-state index is 12.1. The van der Waals surface area contributed by atoms with Gasteiger partial charge in [-0.15, -0.1) is 11.3 Å². The predicted octanol–water partition coefficient (Wildman–Crippen LogP) is 1.75. The molecule has 1 aromatic heterocycles. The fourth-order valence-electron chi connectivity index (χ4n) is 2.21. The number of amides is 1. The van der Waals surface area contributed by atoms with Gasteiger partial charge in [0.1, 0.15) is 16.0 Å². The number of hydrogen-bond donors (Lipinski definition) is 1. The number of carbonyl (C=O) groups is 3. The van der Waals surface area contributed by atoms with Crippen molar-refractivity contribution in [1.29, 1.82) is 0 Å². The highest BCUT2D eigenvalue weighted by Gasteiger charge is 2.29. The molecule has 0 saturated carbocycles. The number of carbonyl (C=O) groups excluding carboxylic acids is 3. The molecule has 1 saturated heterocycles. The molecule has 7 nitrogen and oxygen atoms in total. The maximum Gasteiger partial charge on any atom is 0.348 e. The zero-order valence-electron chi connectivity index (χ0n) is 12.6. The summed E-state index contributed by atoms with van der Waals surface area (Å²) in [7, 11) is 2.49. The molecule has 2 heterocycles. The zero-order chi connectivity index (χ0) is 16.3. The number of rotatable bonds is 4. The third-order valence-corrected chi connectivity index (χ3v) is 4.55. The monoisotopic (exact) mass is 327 g/mol. The van der Waals surface area contributed by atoms with Gasteiger partial charge in [0.25, 0.3) is 5.91 Å². The van der Waals surface area contributed by atoms with Gasteiger partial charge in [0.15, 0.2) is 0 Å². The molecule has 1 amide bonds. The van der Waals surface area contributed by atoms with Crippen LogP contribution in [0, 0.1) is 6.92 Å². The second-order valence-corrected chi connectivity index (χ2v) is 5.76. The van der Waals surface area contributed by atoms with Crippen LogP contribution in [0.1, 0.15) is 38.4 Å². The van der Waals surface area contributed by atoms with Crippen LogP contribution in [0.25, 0.3) is 0 Å². The van der Waals surface area contributed by atoms with E-state index in [-0.39, 0.29) is 21.3 Å². The molecule has 1 aliphatic heterocycles. The summed E-state index contributed by atoms with van der Waals surface area (Å²) in [6.45, 7) is 2.15. The molecule has 0 spiro atoms. The minimum absolute atomic E-state index is 0.166. The van der Waals surface area contributed by atoms with Crippen LogP contribution in [0.5, 0.6) is 0 Å². The molecule has 1 atom stereocenters. The van der Waals surface area contributed by atoms with Crippen molar-refractivity contribution in [3.8, 4) is 0 Å². The van der Waals surface area contributed by atoms with Crippen LogP contribution < -0.4 is 5.32 Å². The molecule has 8 heteroatoms. The number of hydrogen-bond acceptors (Lipinski definition) is 7. The van der Waals surface area contributed by atoms with E-state index < -0.39 is 18.0 Å². The van der Waals surface area contributed by atoms with Crippen LogP contribution in [-0.4, -0.2) is 44.8 Å². The van der Waals surface area contributed by atoms with E-state index in [4.69, 9.17) is 9.47 Å². The highest BCUT2D eigenvalue weighted by molar-refractivity contribution is 7.18. The number of ether oxygens (including phenoxy) is 3. The van der Waals surface area contributed by atoms with Gasteiger partial charge in [0.2, 0.25) is 0 Å². The number of nitrogens with one attached hydrogen (secondary N) is 1. The van der Waals surface area contributed by atoms with Gasteiger partial charge in [-0.3, -0.25) is 4.79 Å². The first-order chi connectivity index (χ1) is 10.5.